The topological polar surface area (TPSA) is 73.5 Å². The van der Waals surface area contributed by atoms with E-state index in [0.29, 0.717) is 34.6 Å². The lowest BCUT2D eigenvalue weighted by Gasteiger charge is -2.27. The minimum atomic E-state index is -0.724. The first-order valence-electron chi connectivity index (χ1n) is 14.1. The number of hydrogen-bond acceptors (Lipinski definition) is 4. The molecule has 2 atom stereocenters. The standard InChI is InChI=1S/C26H33Cl2FN4O2.C5H12/c1-18(21-7-5-8-22(28)24(21)29)25(26(35)30-11-6-14-33-12-3-2-4-13-33)31-16-19-9-10-20(27)15-23(19)32-17-34;1-5(2,3)4/h5,7-10,15,17-18,25,31H,2-4,6,11-14,16H2,1H3,(H,30,35)(H,32,34);1-4H3/t18?,25-;/m1./s1. The molecule has 0 aliphatic carbocycles. The van der Waals surface area contributed by atoms with Crippen LogP contribution in [0.3, 0.4) is 0 Å². The summed E-state index contributed by atoms with van der Waals surface area (Å²) in [5, 5.41) is 9.41. The number of piperidine rings is 1. The smallest absolute Gasteiger partial charge is 0.237 e. The zero-order chi connectivity index (χ0) is 29.7. The van der Waals surface area contributed by atoms with Crippen LogP contribution in [-0.4, -0.2) is 49.4 Å². The van der Waals surface area contributed by atoms with Crippen LogP contribution < -0.4 is 16.0 Å². The van der Waals surface area contributed by atoms with Crippen molar-refractivity contribution in [2.45, 2.75) is 78.8 Å². The number of benzene rings is 2. The highest BCUT2D eigenvalue weighted by molar-refractivity contribution is 6.31. The summed E-state index contributed by atoms with van der Waals surface area (Å²) < 4.78 is 14.8. The normalized spacial score (nSPS) is 15.4. The highest BCUT2D eigenvalue weighted by Crippen LogP contribution is 2.28. The van der Waals surface area contributed by atoms with E-state index in [1.165, 1.54) is 25.3 Å². The van der Waals surface area contributed by atoms with Gasteiger partial charge in [-0.15, -0.1) is 0 Å². The molecule has 1 unspecified atom stereocenters. The van der Waals surface area contributed by atoms with Crippen molar-refractivity contribution < 1.29 is 14.0 Å². The van der Waals surface area contributed by atoms with Gasteiger partial charge in [0.2, 0.25) is 12.3 Å². The van der Waals surface area contributed by atoms with Crippen LogP contribution in [0.15, 0.2) is 36.4 Å². The summed E-state index contributed by atoms with van der Waals surface area (Å²) in [6.45, 7) is 14.5. The largest absolute Gasteiger partial charge is 0.355 e. The number of hydrogen-bond donors (Lipinski definition) is 3. The molecule has 0 aromatic heterocycles. The Labute approximate surface area is 249 Å². The van der Waals surface area contributed by atoms with Gasteiger partial charge < -0.3 is 20.9 Å². The summed E-state index contributed by atoms with van der Waals surface area (Å²) in [6, 6.07) is 9.22. The molecule has 0 spiro atoms. The maximum atomic E-state index is 14.8. The maximum Gasteiger partial charge on any atom is 0.237 e. The van der Waals surface area contributed by atoms with Crippen molar-refractivity contribution in [1.82, 2.24) is 15.5 Å². The van der Waals surface area contributed by atoms with Gasteiger partial charge in [0.1, 0.15) is 5.82 Å². The predicted octanol–water partition coefficient (Wildman–Crippen LogP) is 7.01. The van der Waals surface area contributed by atoms with Gasteiger partial charge in [-0.1, -0.05) is 82.4 Å². The van der Waals surface area contributed by atoms with Crippen LogP contribution in [0.5, 0.6) is 0 Å². The van der Waals surface area contributed by atoms with E-state index in [1.54, 1.807) is 37.3 Å². The predicted molar refractivity (Wildman–Crippen MR) is 165 cm³/mol. The monoisotopic (exact) mass is 594 g/mol. The molecule has 6 nitrogen and oxygen atoms in total. The number of rotatable bonds is 12. The van der Waals surface area contributed by atoms with Gasteiger partial charge in [0.15, 0.2) is 0 Å². The summed E-state index contributed by atoms with van der Waals surface area (Å²) in [6.07, 6.45) is 5.17. The highest BCUT2D eigenvalue weighted by atomic mass is 35.5. The first-order valence-corrected chi connectivity index (χ1v) is 14.8. The van der Waals surface area contributed by atoms with E-state index in [2.05, 4.69) is 48.5 Å². The van der Waals surface area contributed by atoms with E-state index >= 15 is 0 Å². The van der Waals surface area contributed by atoms with Crippen molar-refractivity contribution in [2.75, 3.05) is 31.5 Å². The highest BCUT2D eigenvalue weighted by Gasteiger charge is 2.28. The minimum absolute atomic E-state index is 0.0187. The quantitative estimate of drug-likeness (QED) is 0.182. The molecular weight excluding hydrogens is 550 g/mol. The van der Waals surface area contributed by atoms with Crippen molar-refractivity contribution in [2.24, 2.45) is 5.41 Å². The molecule has 9 heteroatoms. The number of amides is 2. The third kappa shape index (κ3) is 12.1. The second kappa shape index (κ2) is 16.9. The Balaban J connectivity index is 0.00000103. The van der Waals surface area contributed by atoms with Crippen LogP contribution in [0, 0.1) is 11.2 Å². The first kappa shape index (κ1) is 34.0. The molecule has 1 aliphatic rings. The Kier molecular flexibility index (Phi) is 14.4. The molecule has 0 radical (unpaired) electrons. The fourth-order valence-corrected chi connectivity index (χ4v) is 4.83. The van der Waals surface area contributed by atoms with Crippen LogP contribution in [0.2, 0.25) is 10.0 Å². The molecule has 222 valence electrons. The van der Waals surface area contributed by atoms with Crippen LogP contribution in [0.4, 0.5) is 10.1 Å². The number of anilines is 1. The number of carbonyl (C=O) groups excluding carboxylic acids is 2. The van der Waals surface area contributed by atoms with Gasteiger partial charge in [-0.25, -0.2) is 4.39 Å². The van der Waals surface area contributed by atoms with Crippen LogP contribution in [-0.2, 0) is 16.1 Å². The molecule has 2 aromatic rings. The zero-order valence-electron chi connectivity index (χ0n) is 24.5. The van der Waals surface area contributed by atoms with Crippen molar-refractivity contribution >= 4 is 41.2 Å². The van der Waals surface area contributed by atoms with Gasteiger partial charge in [0.25, 0.3) is 0 Å². The maximum absolute atomic E-state index is 14.8. The molecule has 3 rings (SSSR count). The minimum Gasteiger partial charge on any atom is -0.355 e. The number of likely N-dealkylation sites (tertiary alicyclic amines) is 1. The molecule has 3 N–H and O–H groups in total. The third-order valence-corrected chi connectivity index (χ3v) is 6.98. The van der Waals surface area contributed by atoms with Gasteiger partial charge >= 0.3 is 0 Å². The van der Waals surface area contributed by atoms with Crippen molar-refractivity contribution in [3.8, 4) is 0 Å². The number of halogens is 3. The fraction of sp³-hybridized carbons (Fsp3) is 0.548. The second-order valence-corrected chi connectivity index (χ2v) is 12.7. The SMILES string of the molecule is CC(C)(C)C.CC(c1cccc(Cl)c1F)[C@@H](NCc1ccc(Cl)cc1NC=O)C(=O)NCCCN1CCCCC1. The van der Waals surface area contributed by atoms with Crippen molar-refractivity contribution in [1.29, 1.82) is 0 Å². The zero-order valence-corrected chi connectivity index (χ0v) is 26.0. The second-order valence-electron chi connectivity index (χ2n) is 11.9. The molecular formula is C31H45Cl2FN4O2. The molecule has 2 amide bonds. The Hall–Kier alpha value is -2.19. The summed E-state index contributed by atoms with van der Waals surface area (Å²) >= 11 is 12.1. The van der Waals surface area contributed by atoms with Gasteiger partial charge in [0.05, 0.1) is 11.1 Å². The molecule has 1 aliphatic heterocycles. The van der Waals surface area contributed by atoms with E-state index in [9.17, 15) is 14.0 Å². The van der Waals surface area contributed by atoms with Crippen LogP contribution >= 0.6 is 23.2 Å². The van der Waals surface area contributed by atoms with E-state index in [4.69, 9.17) is 23.2 Å². The number of carbonyl (C=O) groups is 2. The Morgan fingerprint density at radius 2 is 1.77 bits per heavy atom. The van der Waals surface area contributed by atoms with E-state index in [1.807, 2.05) is 0 Å². The molecule has 2 aromatic carbocycles. The molecule has 1 saturated heterocycles. The van der Waals surface area contributed by atoms with Gasteiger partial charge in [0, 0.05) is 29.7 Å². The van der Waals surface area contributed by atoms with Gasteiger partial charge in [-0.3, -0.25) is 9.59 Å². The molecule has 1 heterocycles. The van der Waals surface area contributed by atoms with Gasteiger partial charge in [-0.05, 0) is 73.6 Å². The summed E-state index contributed by atoms with van der Waals surface area (Å²) in [7, 11) is 0. The Morgan fingerprint density at radius 3 is 2.42 bits per heavy atom. The number of nitrogens with zero attached hydrogens (tertiary/aromatic N) is 1. The summed E-state index contributed by atoms with van der Waals surface area (Å²) in [5.74, 6) is -1.24. The van der Waals surface area contributed by atoms with E-state index in [0.717, 1.165) is 31.6 Å². The third-order valence-electron chi connectivity index (χ3n) is 6.45. The number of nitrogens with one attached hydrogen (secondary N) is 3. The van der Waals surface area contributed by atoms with E-state index in [-0.39, 0.29) is 17.5 Å². The van der Waals surface area contributed by atoms with Crippen molar-refractivity contribution in [3.05, 3.63) is 63.4 Å². The lowest BCUT2D eigenvalue weighted by Crippen LogP contribution is -2.47. The first-order chi connectivity index (χ1) is 18.9. The average Bonchev–Trinajstić information content (AvgIpc) is 2.89. The van der Waals surface area contributed by atoms with Gasteiger partial charge in [-0.2, -0.15) is 0 Å². The molecule has 0 saturated carbocycles. The van der Waals surface area contributed by atoms with Crippen molar-refractivity contribution in [3.63, 3.8) is 0 Å². The molecule has 1 fully saturated rings. The summed E-state index contributed by atoms with van der Waals surface area (Å²) in [4.78, 5) is 26.7. The average molecular weight is 596 g/mol. The Morgan fingerprint density at radius 1 is 1.10 bits per heavy atom. The fourth-order valence-electron chi connectivity index (χ4n) is 4.48. The lowest BCUT2D eigenvalue weighted by molar-refractivity contribution is -0.123. The van der Waals surface area contributed by atoms with E-state index < -0.39 is 17.8 Å². The summed E-state index contributed by atoms with van der Waals surface area (Å²) in [5.41, 5.74) is 2.16. The van der Waals surface area contributed by atoms with Crippen LogP contribution in [0.1, 0.15) is 77.3 Å². The lowest BCUT2D eigenvalue weighted by atomic mass is 9.91. The molecule has 40 heavy (non-hydrogen) atoms. The van der Waals surface area contributed by atoms with Crippen LogP contribution in [0.25, 0.3) is 0 Å². The Bertz CT molecular complexity index is 1080. The molecule has 0 bridgehead atoms.